The summed E-state index contributed by atoms with van der Waals surface area (Å²) in [4.78, 5) is 2.53. The Morgan fingerprint density at radius 2 is 1.50 bits per heavy atom. The smallest absolute Gasteiger partial charge is 0.0210 e. The minimum atomic E-state index is 1.24. The Bertz CT molecular complexity index is 220. The Morgan fingerprint density at radius 1 is 0.889 bits per heavy atom. The fourth-order valence-electron chi connectivity index (χ4n) is 2.74. The highest BCUT2D eigenvalue weighted by molar-refractivity contribution is 5.06. The molecule has 0 saturated carbocycles. The van der Waals surface area contributed by atoms with Crippen LogP contribution in [0.5, 0.6) is 0 Å². The molecule has 1 rings (SSSR count). The summed E-state index contributed by atoms with van der Waals surface area (Å²) in [6.45, 7) is 7.13. The van der Waals surface area contributed by atoms with E-state index in [1.54, 1.807) is 5.57 Å². The summed E-state index contributed by atoms with van der Waals surface area (Å²) in [6.07, 6.45) is 17.9. The van der Waals surface area contributed by atoms with Crippen LogP contribution in [0.1, 0.15) is 84.5 Å². The van der Waals surface area contributed by atoms with Gasteiger partial charge in [-0.1, -0.05) is 70.8 Å². The van der Waals surface area contributed by atoms with Gasteiger partial charge >= 0.3 is 0 Å². The van der Waals surface area contributed by atoms with Crippen molar-refractivity contribution >= 4 is 0 Å². The first-order valence-corrected chi connectivity index (χ1v) is 8.30. The van der Waals surface area contributed by atoms with Crippen molar-refractivity contribution in [2.24, 2.45) is 0 Å². The molecule has 0 saturated heterocycles. The SMILES string of the molecule is CCCCCCCCCCCN1C=C(CC)CC1. The zero-order chi connectivity index (χ0) is 13.1. The second-order valence-corrected chi connectivity index (χ2v) is 5.76. The lowest BCUT2D eigenvalue weighted by atomic mass is 10.1. The average Bonchev–Trinajstić information content (AvgIpc) is 2.85. The third kappa shape index (κ3) is 7.08. The predicted octanol–water partition coefficient (Wildman–Crippen LogP) is 5.52. The van der Waals surface area contributed by atoms with Crippen LogP contribution in [-0.2, 0) is 0 Å². The van der Waals surface area contributed by atoms with Crippen molar-refractivity contribution in [2.75, 3.05) is 13.1 Å². The van der Waals surface area contributed by atoms with Gasteiger partial charge < -0.3 is 4.90 Å². The van der Waals surface area contributed by atoms with Gasteiger partial charge in [-0.25, -0.2) is 0 Å². The molecule has 0 spiro atoms. The molecule has 1 heterocycles. The van der Waals surface area contributed by atoms with Gasteiger partial charge in [0.15, 0.2) is 0 Å². The third-order valence-corrected chi connectivity index (χ3v) is 4.09. The Hall–Kier alpha value is -0.460. The van der Waals surface area contributed by atoms with Crippen LogP contribution in [0.25, 0.3) is 0 Å². The number of hydrogen-bond donors (Lipinski definition) is 0. The van der Waals surface area contributed by atoms with Crippen LogP contribution in [0, 0.1) is 0 Å². The van der Waals surface area contributed by atoms with Crippen LogP contribution in [0.15, 0.2) is 11.8 Å². The second-order valence-electron chi connectivity index (χ2n) is 5.76. The number of rotatable bonds is 11. The minimum Gasteiger partial charge on any atom is -0.377 e. The van der Waals surface area contributed by atoms with Crippen molar-refractivity contribution in [1.82, 2.24) is 4.90 Å². The molecule has 0 aromatic heterocycles. The molecule has 0 N–H and O–H groups in total. The molecule has 0 unspecified atom stereocenters. The summed E-state index contributed by atoms with van der Waals surface area (Å²) in [5, 5.41) is 0. The van der Waals surface area contributed by atoms with Crippen LogP contribution in [-0.4, -0.2) is 18.0 Å². The van der Waals surface area contributed by atoms with E-state index in [9.17, 15) is 0 Å². The Kier molecular flexibility index (Phi) is 9.06. The van der Waals surface area contributed by atoms with Crippen molar-refractivity contribution in [3.8, 4) is 0 Å². The molecular weight excluding hydrogens is 218 g/mol. The van der Waals surface area contributed by atoms with E-state index in [-0.39, 0.29) is 0 Å². The maximum atomic E-state index is 2.53. The lowest BCUT2D eigenvalue weighted by molar-refractivity contribution is 0.387. The van der Waals surface area contributed by atoms with Crippen LogP contribution in [0.3, 0.4) is 0 Å². The van der Waals surface area contributed by atoms with Crippen molar-refractivity contribution in [1.29, 1.82) is 0 Å². The highest BCUT2D eigenvalue weighted by Gasteiger charge is 2.09. The number of unbranched alkanes of at least 4 members (excludes halogenated alkanes) is 8. The maximum absolute atomic E-state index is 2.53. The van der Waals surface area contributed by atoms with Gasteiger partial charge in [0, 0.05) is 13.1 Å². The standard InChI is InChI=1S/C17H33N/c1-3-5-6-7-8-9-10-11-12-14-18-15-13-17(4-2)16-18/h16H,3-15H2,1-2H3. The lowest BCUT2D eigenvalue weighted by Gasteiger charge is -2.14. The summed E-state index contributed by atoms with van der Waals surface area (Å²) in [5.74, 6) is 0. The lowest BCUT2D eigenvalue weighted by Crippen LogP contribution is -2.15. The Labute approximate surface area is 115 Å². The average molecular weight is 251 g/mol. The predicted molar refractivity (Wildman–Crippen MR) is 81.8 cm³/mol. The number of nitrogens with zero attached hydrogens (tertiary/aromatic N) is 1. The molecule has 1 heteroatoms. The van der Waals surface area contributed by atoms with Crippen molar-refractivity contribution in [2.45, 2.75) is 84.5 Å². The molecule has 0 atom stereocenters. The molecule has 1 aliphatic heterocycles. The summed E-state index contributed by atoms with van der Waals surface area (Å²) < 4.78 is 0. The molecule has 0 aromatic rings. The molecule has 1 aliphatic rings. The normalized spacial score (nSPS) is 15.2. The first kappa shape index (κ1) is 15.6. The maximum Gasteiger partial charge on any atom is 0.0210 e. The van der Waals surface area contributed by atoms with E-state index in [1.807, 2.05) is 0 Å². The Morgan fingerprint density at radius 3 is 2.06 bits per heavy atom. The van der Waals surface area contributed by atoms with Crippen molar-refractivity contribution in [3.05, 3.63) is 11.8 Å². The fourth-order valence-corrected chi connectivity index (χ4v) is 2.74. The van der Waals surface area contributed by atoms with E-state index in [4.69, 9.17) is 0 Å². The molecule has 1 nitrogen and oxygen atoms in total. The molecular formula is C17H33N. The van der Waals surface area contributed by atoms with Gasteiger partial charge in [0.2, 0.25) is 0 Å². The van der Waals surface area contributed by atoms with Crippen LogP contribution >= 0.6 is 0 Å². The molecule has 18 heavy (non-hydrogen) atoms. The largest absolute Gasteiger partial charge is 0.377 e. The number of hydrogen-bond acceptors (Lipinski definition) is 1. The summed E-state index contributed by atoms with van der Waals surface area (Å²) >= 11 is 0. The molecule has 0 bridgehead atoms. The minimum absolute atomic E-state index is 1.24. The van der Waals surface area contributed by atoms with Gasteiger partial charge in [0.25, 0.3) is 0 Å². The zero-order valence-electron chi connectivity index (χ0n) is 12.7. The molecule has 0 aromatic carbocycles. The van der Waals surface area contributed by atoms with E-state index in [0.29, 0.717) is 0 Å². The van der Waals surface area contributed by atoms with Crippen LogP contribution < -0.4 is 0 Å². The molecule has 0 aliphatic carbocycles. The molecule has 0 amide bonds. The quantitative estimate of drug-likeness (QED) is 0.437. The second kappa shape index (κ2) is 10.5. The van der Waals surface area contributed by atoms with Crippen LogP contribution in [0.4, 0.5) is 0 Å². The van der Waals surface area contributed by atoms with Gasteiger partial charge in [-0.15, -0.1) is 0 Å². The van der Waals surface area contributed by atoms with Gasteiger partial charge in [0.1, 0.15) is 0 Å². The first-order valence-electron chi connectivity index (χ1n) is 8.30. The van der Waals surface area contributed by atoms with Crippen molar-refractivity contribution < 1.29 is 0 Å². The van der Waals surface area contributed by atoms with E-state index in [1.165, 1.54) is 83.7 Å². The van der Waals surface area contributed by atoms with Crippen LogP contribution in [0.2, 0.25) is 0 Å². The highest BCUT2D eigenvalue weighted by atomic mass is 15.1. The topological polar surface area (TPSA) is 3.24 Å². The van der Waals surface area contributed by atoms with Gasteiger partial charge in [-0.2, -0.15) is 0 Å². The zero-order valence-corrected chi connectivity index (χ0v) is 12.7. The molecule has 106 valence electrons. The fraction of sp³-hybridized carbons (Fsp3) is 0.882. The van der Waals surface area contributed by atoms with E-state index < -0.39 is 0 Å². The van der Waals surface area contributed by atoms with Gasteiger partial charge in [-0.3, -0.25) is 0 Å². The van der Waals surface area contributed by atoms with Gasteiger partial charge in [-0.05, 0) is 25.5 Å². The summed E-state index contributed by atoms with van der Waals surface area (Å²) in [6, 6.07) is 0. The van der Waals surface area contributed by atoms with E-state index >= 15 is 0 Å². The molecule has 0 radical (unpaired) electrons. The first-order chi connectivity index (χ1) is 8.86. The van der Waals surface area contributed by atoms with Crippen molar-refractivity contribution in [3.63, 3.8) is 0 Å². The summed E-state index contributed by atoms with van der Waals surface area (Å²) in [7, 11) is 0. The monoisotopic (exact) mass is 251 g/mol. The van der Waals surface area contributed by atoms with E-state index in [2.05, 4.69) is 24.9 Å². The third-order valence-electron chi connectivity index (χ3n) is 4.09. The van der Waals surface area contributed by atoms with Gasteiger partial charge in [0.05, 0.1) is 0 Å². The van der Waals surface area contributed by atoms with E-state index in [0.717, 1.165) is 0 Å². The Balaban J connectivity index is 1.83. The molecule has 0 fully saturated rings. The summed E-state index contributed by atoms with van der Waals surface area (Å²) in [5.41, 5.74) is 1.64. The highest BCUT2D eigenvalue weighted by Crippen LogP contribution is 2.17.